The molecule has 0 spiro atoms. The molecule has 0 aromatic heterocycles. The van der Waals surface area contributed by atoms with Crippen molar-refractivity contribution in [2.75, 3.05) is 0 Å². The van der Waals surface area contributed by atoms with E-state index in [0.29, 0.717) is 0 Å². The first-order chi connectivity index (χ1) is 8.13. The van der Waals surface area contributed by atoms with Gasteiger partial charge in [0.15, 0.2) is 0 Å². The predicted octanol–water partition coefficient (Wildman–Crippen LogP) is -2.05. The molecule has 0 amide bonds. The van der Waals surface area contributed by atoms with Crippen LogP contribution in [0.15, 0.2) is 6.07 Å². The Morgan fingerprint density at radius 1 is 0.792 bits per heavy atom. The Morgan fingerprint density at radius 3 is 1.04 bits per heavy atom. The van der Waals surface area contributed by atoms with E-state index in [2.05, 4.69) is 33.8 Å². The first-order valence-corrected chi connectivity index (χ1v) is 6.83. The molecule has 0 heterocycles. The first kappa shape index (κ1) is 44.4. The van der Waals surface area contributed by atoms with E-state index in [-0.39, 0.29) is 79.5 Å². The summed E-state index contributed by atoms with van der Waals surface area (Å²) in [5.41, 5.74) is 19.1. The van der Waals surface area contributed by atoms with Crippen LogP contribution in [0.25, 0.3) is 11.5 Å². The molecule has 2 nitrogen and oxygen atoms in total. The Labute approximate surface area is 187 Å². The van der Waals surface area contributed by atoms with Crippen molar-refractivity contribution < 1.29 is 46.5 Å². The van der Waals surface area contributed by atoms with Gasteiger partial charge in [0.25, 0.3) is 0 Å². The zero-order valence-electron chi connectivity index (χ0n) is 17.8. The van der Waals surface area contributed by atoms with Crippen LogP contribution in [0, 0.1) is 27.7 Å². The summed E-state index contributed by atoms with van der Waals surface area (Å²) >= 11 is 0. The van der Waals surface area contributed by atoms with Gasteiger partial charge in [-0.25, -0.2) is 0 Å². The van der Waals surface area contributed by atoms with Crippen molar-refractivity contribution >= 4 is 21.9 Å². The Bertz CT molecular complexity index is 339. The maximum atomic E-state index is 6.94. The topological polar surface area (TPSA) is 47.6 Å². The second-order valence-corrected chi connectivity index (χ2v) is 7.26. The number of aryl methyl sites for hydroxylation is 2. The fraction of sp³-hybridized carbons (Fsp3) is 0.706. The smallest absolute Gasteiger partial charge is 1.00 e. The van der Waals surface area contributed by atoms with Crippen LogP contribution in [0.4, 0.5) is 0 Å². The fourth-order valence-electron chi connectivity index (χ4n) is 1.13. The Kier molecular flexibility index (Phi) is 34.8. The van der Waals surface area contributed by atoms with Crippen molar-refractivity contribution in [1.29, 1.82) is 0 Å². The third-order valence-electron chi connectivity index (χ3n) is 2.18. The second-order valence-electron chi connectivity index (χ2n) is 7.26. The average Bonchev–Trinajstić information content (AvgIpc) is 2.27. The van der Waals surface area contributed by atoms with Gasteiger partial charge >= 0.3 is 21.7 Å². The van der Waals surface area contributed by atoms with Crippen LogP contribution >= 0.6 is 0 Å². The van der Waals surface area contributed by atoms with E-state index in [0.717, 1.165) is 0 Å². The van der Waals surface area contributed by atoms with Gasteiger partial charge in [0.2, 0.25) is 0 Å². The number of rotatable bonds is 0. The molecular formula is C17H39Cl2N2Si2Ti-2. The van der Waals surface area contributed by atoms with Gasteiger partial charge in [0.05, 0.1) is 0 Å². The summed E-state index contributed by atoms with van der Waals surface area (Å²) in [6.07, 6.45) is 0. The molecule has 0 fully saturated rings. The zero-order valence-corrected chi connectivity index (χ0v) is 24.9. The van der Waals surface area contributed by atoms with Gasteiger partial charge in [-0.2, -0.15) is 28.3 Å². The molecule has 0 saturated heterocycles. The van der Waals surface area contributed by atoms with Crippen LogP contribution in [-0.2, 0) is 21.7 Å². The van der Waals surface area contributed by atoms with Crippen molar-refractivity contribution in [3.8, 4) is 0 Å². The van der Waals surface area contributed by atoms with Crippen LogP contribution in [0.5, 0.6) is 0 Å². The molecule has 1 aromatic carbocycles. The van der Waals surface area contributed by atoms with Crippen molar-refractivity contribution in [3.63, 3.8) is 0 Å². The number of halogens is 2. The quantitative estimate of drug-likeness (QED) is 0.326. The van der Waals surface area contributed by atoms with E-state index in [9.17, 15) is 0 Å². The van der Waals surface area contributed by atoms with Gasteiger partial charge in [-0.3, -0.25) is 0 Å². The van der Waals surface area contributed by atoms with Gasteiger partial charge < -0.3 is 36.3 Å². The Balaban J connectivity index is -0.0000000347. The maximum absolute atomic E-state index is 6.94. The number of nitrogens with one attached hydrogen (secondary N) is 2. The van der Waals surface area contributed by atoms with Crippen LogP contribution < -0.4 is 24.8 Å². The summed E-state index contributed by atoms with van der Waals surface area (Å²) in [5.74, 6) is 0. The molecule has 1 rings (SSSR count). The Hall–Kier alpha value is 0.998. The van der Waals surface area contributed by atoms with Gasteiger partial charge in [-0.1, -0.05) is 69.2 Å². The summed E-state index contributed by atoms with van der Waals surface area (Å²) in [5, 5.41) is 0. The van der Waals surface area contributed by atoms with Gasteiger partial charge in [0, 0.05) is 0 Å². The van der Waals surface area contributed by atoms with Gasteiger partial charge in [0.1, 0.15) is 0 Å². The third-order valence-corrected chi connectivity index (χ3v) is 2.18. The minimum absolute atomic E-state index is 0. The minimum Gasteiger partial charge on any atom is -1.00 e. The molecule has 2 N–H and O–H groups in total. The molecule has 1 aromatic rings. The van der Waals surface area contributed by atoms with Crippen molar-refractivity contribution in [1.82, 2.24) is 0 Å². The number of hydrogen-bond donors (Lipinski definition) is 0. The molecule has 0 saturated carbocycles. The van der Waals surface area contributed by atoms with Gasteiger partial charge in [-0.05, 0) is 21.9 Å². The molecule has 24 heavy (non-hydrogen) atoms. The predicted molar refractivity (Wildman–Crippen MR) is 109 cm³/mol. The standard InChI is InChI=1S/C9H13.2C4H10N.2ClH.2H3Si.Ti/c1-6-5-7(2)9(4)8(6)3;2*1-4(2,3)5;;;;;/h5H,1-4H3;2*5H,1-3H3;2*1H;2*1H3;/q3*-1;;;;;+3/p-2. The zero-order chi connectivity index (χ0) is 16.0. The molecule has 0 bridgehead atoms. The minimum atomic E-state index is -0.250. The molecule has 0 aliphatic carbocycles. The molecule has 0 aliphatic heterocycles. The summed E-state index contributed by atoms with van der Waals surface area (Å²) in [4.78, 5) is 0. The maximum Gasteiger partial charge on any atom is 3.00 e. The van der Waals surface area contributed by atoms with Gasteiger partial charge in [-0.15, -0.1) is 11.1 Å². The van der Waals surface area contributed by atoms with Crippen molar-refractivity contribution in [2.24, 2.45) is 0 Å². The van der Waals surface area contributed by atoms with E-state index >= 15 is 0 Å². The first-order valence-electron chi connectivity index (χ1n) is 6.83. The summed E-state index contributed by atoms with van der Waals surface area (Å²) in [7, 11) is 0. The molecule has 145 valence electrons. The molecule has 7 heteroatoms. The fourth-order valence-corrected chi connectivity index (χ4v) is 1.13. The molecule has 0 atom stereocenters. The summed E-state index contributed by atoms with van der Waals surface area (Å²) in [6.45, 7) is 19.8. The SMILES string of the molecule is CC(C)(C)[NH-].CC(C)(C)[NH-].Cc1c[c-](C)c(C)c1C.[Cl-].[Cl-].[SiH3].[SiH3].[Ti+3]. The van der Waals surface area contributed by atoms with E-state index in [4.69, 9.17) is 11.5 Å². The van der Waals surface area contributed by atoms with Crippen LogP contribution in [0.3, 0.4) is 0 Å². The third kappa shape index (κ3) is 38.5. The molecule has 0 aliphatic rings. The molecule has 3 radical (unpaired) electrons. The van der Waals surface area contributed by atoms with E-state index in [1.54, 1.807) is 0 Å². The van der Waals surface area contributed by atoms with Crippen LogP contribution in [0.2, 0.25) is 0 Å². The largest absolute Gasteiger partial charge is 3.00 e. The number of hydrogen-bond acceptors (Lipinski definition) is 0. The Morgan fingerprint density at radius 2 is 1.00 bits per heavy atom. The van der Waals surface area contributed by atoms with E-state index in [1.165, 1.54) is 22.3 Å². The van der Waals surface area contributed by atoms with Crippen molar-refractivity contribution in [2.45, 2.75) is 80.3 Å². The molecular weight excluding hydrogens is 407 g/mol. The summed E-state index contributed by atoms with van der Waals surface area (Å²) in [6, 6.07) is 2.24. The molecule has 0 unspecified atom stereocenters. The van der Waals surface area contributed by atoms with Crippen LogP contribution in [0.1, 0.15) is 63.8 Å². The second kappa shape index (κ2) is 18.8. The van der Waals surface area contributed by atoms with Crippen molar-refractivity contribution in [3.05, 3.63) is 39.8 Å². The summed E-state index contributed by atoms with van der Waals surface area (Å²) < 4.78 is 0. The van der Waals surface area contributed by atoms with E-state index < -0.39 is 0 Å². The monoisotopic (exact) mass is 445 g/mol. The van der Waals surface area contributed by atoms with E-state index in [1.807, 2.05) is 41.5 Å². The average molecular weight is 446 g/mol. The normalized spacial score (nSPS) is 8.83. The van der Waals surface area contributed by atoms with Crippen LogP contribution in [-0.4, -0.2) is 33.0 Å².